The first-order valence-electron chi connectivity index (χ1n) is 9.22. The number of pyridine rings is 1. The number of hydrogen-bond donors (Lipinski definition) is 0. The molecule has 0 spiro atoms. The average Bonchev–Trinajstić information content (AvgIpc) is 2.61. The molecule has 0 saturated heterocycles. The van der Waals surface area contributed by atoms with Gasteiger partial charge in [0.2, 0.25) is 5.91 Å². The minimum atomic E-state index is -0.137. The Morgan fingerprint density at radius 3 is 2.65 bits per heavy atom. The SMILES string of the molecule is CCN1C(=O)CC(C)(C)c2cc(C)c(-c3ccnc4ccccc34)cc21. The van der Waals surface area contributed by atoms with Gasteiger partial charge in [-0.25, -0.2) is 0 Å². The molecule has 0 bridgehead atoms. The van der Waals surface area contributed by atoms with E-state index < -0.39 is 0 Å². The van der Waals surface area contributed by atoms with Crippen LogP contribution in [0.3, 0.4) is 0 Å². The van der Waals surface area contributed by atoms with Crippen molar-refractivity contribution in [1.29, 1.82) is 0 Å². The number of amides is 1. The highest BCUT2D eigenvalue weighted by Gasteiger charge is 2.36. The molecule has 1 amide bonds. The Kier molecular flexibility index (Phi) is 3.83. The molecule has 0 atom stereocenters. The summed E-state index contributed by atoms with van der Waals surface area (Å²) in [5.74, 6) is 0.208. The molecule has 1 aliphatic heterocycles. The van der Waals surface area contributed by atoms with Crippen molar-refractivity contribution >= 4 is 22.5 Å². The van der Waals surface area contributed by atoms with Crippen LogP contribution in [0.25, 0.3) is 22.0 Å². The van der Waals surface area contributed by atoms with Crippen molar-refractivity contribution in [1.82, 2.24) is 4.98 Å². The first-order chi connectivity index (χ1) is 12.4. The van der Waals surface area contributed by atoms with Crippen molar-refractivity contribution < 1.29 is 4.79 Å². The first kappa shape index (κ1) is 16.8. The molecule has 3 nitrogen and oxygen atoms in total. The molecule has 26 heavy (non-hydrogen) atoms. The summed E-state index contributed by atoms with van der Waals surface area (Å²) in [4.78, 5) is 19.1. The molecular weight excluding hydrogens is 320 g/mol. The number of hydrogen-bond acceptors (Lipinski definition) is 2. The summed E-state index contributed by atoms with van der Waals surface area (Å²) < 4.78 is 0. The molecule has 0 radical (unpaired) electrons. The maximum absolute atomic E-state index is 12.7. The van der Waals surface area contributed by atoms with Crippen molar-refractivity contribution in [2.75, 3.05) is 11.4 Å². The van der Waals surface area contributed by atoms with Crippen LogP contribution in [0.1, 0.15) is 38.3 Å². The van der Waals surface area contributed by atoms with Crippen LogP contribution in [0.15, 0.2) is 48.7 Å². The summed E-state index contributed by atoms with van der Waals surface area (Å²) in [6.07, 6.45) is 2.42. The molecule has 0 N–H and O–H groups in total. The highest BCUT2D eigenvalue weighted by molar-refractivity contribution is 6.01. The molecule has 2 aromatic carbocycles. The van der Waals surface area contributed by atoms with Gasteiger partial charge in [0, 0.05) is 35.7 Å². The van der Waals surface area contributed by atoms with Gasteiger partial charge in [-0.2, -0.15) is 0 Å². The Balaban J connectivity index is 2.00. The smallest absolute Gasteiger partial charge is 0.227 e. The summed E-state index contributed by atoms with van der Waals surface area (Å²) in [5.41, 5.74) is 6.74. The largest absolute Gasteiger partial charge is 0.312 e. The maximum Gasteiger partial charge on any atom is 0.227 e. The van der Waals surface area contributed by atoms with Crippen LogP contribution in [-0.4, -0.2) is 17.4 Å². The second kappa shape index (κ2) is 5.94. The standard InChI is InChI=1S/C23H24N2O/c1-5-25-21-13-18(15(2)12-19(21)23(3,4)14-22(25)26)16-10-11-24-20-9-7-6-8-17(16)20/h6-13H,5,14H2,1-4H3. The quantitative estimate of drug-likeness (QED) is 0.636. The van der Waals surface area contributed by atoms with E-state index in [0.29, 0.717) is 13.0 Å². The summed E-state index contributed by atoms with van der Waals surface area (Å²) in [7, 11) is 0. The fraction of sp³-hybridized carbons (Fsp3) is 0.304. The Morgan fingerprint density at radius 2 is 1.88 bits per heavy atom. The van der Waals surface area contributed by atoms with Gasteiger partial charge in [-0.1, -0.05) is 38.1 Å². The van der Waals surface area contributed by atoms with Gasteiger partial charge in [0.25, 0.3) is 0 Å². The predicted octanol–water partition coefficient (Wildman–Crippen LogP) is 5.24. The number of aryl methyl sites for hydroxylation is 1. The molecule has 0 saturated carbocycles. The van der Waals surface area contributed by atoms with Crippen molar-refractivity contribution in [3.05, 3.63) is 59.8 Å². The van der Waals surface area contributed by atoms with Crippen LogP contribution in [0.2, 0.25) is 0 Å². The lowest BCUT2D eigenvalue weighted by Gasteiger charge is -2.39. The second-order valence-corrected chi connectivity index (χ2v) is 7.76. The first-order valence-corrected chi connectivity index (χ1v) is 9.22. The lowest BCUT2D eigenvalue weighted by atomic mass is 9.75. The van der Waals surface area contributed by atoms with Gasteiger partial charge in [-0.15, -0.1) is 0 Å². The van der Waals surface area contributed by atoms with Crippen molar-refractivity contribution in [2.24, 2.45) is 0 Å². The van der Waals surface area contributed by atoms with Crippen molar-refractivity contribution in [2.45, 2.75) is 39.5 Å². The van der Waals surface area contributed by atoms with Crippen molar-refractivity contribution in [3.63, 3.8) is 0 Å². The maximum atomic E-state index is 12.7. The third kappa shape index (κ3) is 2.50. The van der Waals surface area contributed by atoms with Gasteiger partial charge < -0.3 is 4.90 Å². The number of rotatable bonds is 2. The number of anilines is 1. The van der Waals surface area contributed by atoms with Gasteiger partial charge in [0.05, 0.1) is 5.52 Å². The third-order valence-corrected chi connectivity index (χ3v) is 5.51. The predicted molar refractivity (Wildman–Crippen MR) is 108 cm³/mol. The van der Waals surface area contributed by atoms with E-state index in [0.717, 1.165) is 16.6 Å². The van der Waals surface area contributed by atoms with Gasteiger partial charge in [0.1, 0.15) is 0 Å². The molecule has 1 aliphatic rings. The second-order valence-electron chi connectivity index (χ2n) is 7.76. The zero-order valence-corrected chi connectivity index (χ0v) is 15.8. The Bertz CT molecular complexity index is 1010. The third-order valence-electron chi connectivity index (χ3n) is 5.51. The van der Waals surface area contributed by atoms with E-state index in [2.05, 4.69) is 50.0 Å². The zero-order chi connectivity index (χ0) is 18.5. The van der Waals surface area contributed by atoms with Gasteiger partial charge in [0.15, 0.2) is 0 Å². The number of carbonyl (C=O) groups is 1. The summed E-state index contributed by atoms with van der Waals surface area (Å²) in [6.45, 7) is 9.23. The summed E-state index contributed by atoms with van der Waals surface area (Å²) in [5, 5.41) is 1.14. The van der Waals surface area contributed by atoms with Crippen LogP contribution in [0, 0.1) is 6.92 Å². The zero-order valence-electron chi connectivity index (χ0n) is 15.8. The van der Waals surface area contributed by atoms with Crippen LogP contribution in [0.5, 0.6) is 0 Å². The average molecular weight is 344 g/mol. The monoisotopic (exact) mass is 344 g/mol. The Hall–Kier alpha value is -2.68. The van der Waals surface area contributed by atoms with E-state index in [1.54, 1.807) is 0 Å². The molecular formula is C23H24N2O. The fourth-order valence-corrected chi connectivity index (χ4v) is 4.13. The molecule has 1 aromatic heterocycles. The number of carbonyl (C=O) groups excluding carboxylic acids is 1. The molecule has 0 fully saturated rings. The van der Waals surface area contributed by atoms with Crippen LogP contribution >= 0.6 is 0 Å². The number of benzene rings is 2. The van der Waals surface area contributed by atoms with Crippen molar-refractivity contribution in [3.8, 4) is 11.1 Å². The minimum absolute atomic E-state index is 0.137. The molecule has 132 valence electrons. The molecule has 0 unspecified atom stereocenters. The number of nitrogens with zero attached hydrogens (tertiary/aromatic N) is 2. The topological polar surface area (TPSA) is 33.2 Å². The highest BCUT2D eigenvalue weighted by atomic mass is 16.2. The van der Waals surface area contributed by atoms with E-state index in [1.807, 2.05) is 36.2 Å². The van der Waals surface area contributed by atoms with Crippen LogP contribution in [-0.2, 0) is 10.2 Å². The molecule has 2 heterocycles. The minimum Gasteiger partial charge on any atom is -0.312 e. The molecule has 3 heteroatoms. The van der Waals surface area contributed by atoms with E-state index in [-0.39, 0.29) is 11.3 Å². The molecule has 0 aliphatic carbocycles. The van der Waals surface area contributed by atoms with E-state index >= 15 is 0 Å². The summed E-state index contributed by atoms with van der Waals surface area (Å²) >= 11 is 0. The van der Waals surface area contributed by atoms with Crippen LogP contribution in [0.4, 0.5) is 5.69 Å². The highest BCUT2D eigenvalue weighted by Crippen LogP contribution is 2.44. The lowest BCUT2D eigenvalue weighted by Crippen LogP contribution is -2.41. The number of para-hydroxylation sites is 1. The lowest BCUT2D eigenvalue weighted by molar-refractivity contribution is -0.120. The number of fused-ring (bicyclic) bond motifs is 2. The van der Waals surface area contributed by atoms with Crippen LogP contribution < -0.4 is 4.90 Å². The van der Waals surface area contributed by atoms with Gasteiger partial charge >= 0.3 is 0 Å². The normalized spacial score (nSPS) is 16.0. The van der Waals surface area contributed by atoms with Gasteiger partial charge in [-0.05, 0) is 54.3 Å². The number of aromatic nitrogens is 1. The van der Waals surface area contributed by atoms with E-state index in [4.69, 9.17) is 0 Å². The van der Waals surface area contributed by atoms with E-state index in [9.17, 15) is 4.79 Å². The Labute approximate surface area is 154 Å². The molecule has 4 rings (SSSR count). The van der Waals surface area contributed by atoms with E-state index in [1.165, 1.54) is 22.3 Å². The van der Waals surface area contributed by atoms with Gasteiger partial charge in [-0.3, -0.25) is 9.78 Å². The Morgan fingerprint density at radius 1 is 1.12 bits per heavy atom. The summed E-state index contributed by atoms with van der Waals surface area (Å²) in [6, 6.07) is 14.8. The molecule has 3 aromatic rings. The fourth-order valence-electron chi connectivity index (χ4n) is 4.13.